The van der Waals surface area contributed by atoms with Crippen LogP contribution in [0.25, 0.3) is 0 Å². The summed E-state index contributed by atoms with van der Waals surface area (Å²) in [5.74, 6) is 1.00. The quantitative estimate of drug-likeness (QED) is 0.898. The zero-order valence-electron chi connectivity index (χ0n) is 11.3. The molecule has 3 rings (SSSR count). The molecular weight excluding hydrogens is 240 g/mol. The van der Waals surface area contributed by atoms with E-state index in [2.05, 4.69) is 23.2 Å². The lowest BCUT2D eigenvalue weighted by Crippen LogP contribution is -2.38. The van der Waals surface area contributed by atoms with E-state index in [1.807, 2.05) is 12.1 Å². The van der Waals surface area contributed by atoms with E-state index in [1.165, 1.54) is 18.4 Å². The molecule has 4 nitrogen and oxygen atoms in total. The second-order valence-electron chi connectivity index (χ2n) is 5.46. The van der Waals surface area contributed by atoms with Crippen molar-refractivity contribution in [3.8, 4) is 5.75 Å². The number of rotatable bonds is 3. The first-order chi connectivity index (χ1) is 9.22. The highest BCUT2D eigenvalue weighted by Gasteiger charge is 2.26. The van der Waals surface area contributed by atoms with E-state index >= 15 is 0 Å². The summed E-state index contributed by atoms with van der Waals surface area (Å²) in [6.07, 6.45) is 2.42. The molecule has 1 saturated heterocycles. The third-order valence-corrected chi connectivity index (χ3v) is 3.85. The van der Waals surface area contributed by atoms with E-state index in [4.69, 9.17) is 4.74 Å². The molecule has 0 aromatic heterocycles. The summed E-state index contributed by atoms with van der Waals surface area (Å²) < 4.78 is 5.61. The third kappa shape index (κ3) is 2.73. The molecular formula is C15H20N2O2. The Morgan fingerprint density at radius 2 is 2.21 bits per heavy atom. The van der Waals surface area contributed by atoms with E-state index in [-0.39, 0.29) is 11.9 Å². The van der Waals surface area contributed by atoms with Crippen LogP contribution in [0.5, 0.6) is 5.75 Å². The number of nitrogens with one attached hydrogen (secondary N) is 1. The molecule has 1 fully saturated rings. The van der Waals surface area contributed by atoms with Gasteiger partial charge in [-0.2, -0.15) is 0 Å². The number of ether oxygens (including phenoxy) is 1. The number of aryl methyl sites for hydroxylation is 1. The SMILES string of the molecule is Cc1ccc2c(c1)C(NC(=O)CN1CCCC1)CO2. The van der Waals surface area contributed by atoms with Gasteiger partial charge >= 0.3 is 0 Å². The Kier molecular flexibility index (Phi) is 3.42. The maximum Gasteiger partial charge on any atom is 0.234 e. The van der Waals surface area contributed by atoms with Crippen LogP contribution in [0.1, 0.15) is 30.0 Å². The van der Waals surface area contributed by atoms with E-state index in [0.29, 0.717) is 13.2 Å². The molecule has 2 aliphatic rings. The lowest BCUT2D eigenvalue weighted by atomic mass is 10.1. The highest BCUT2D eigenvalue weighted by molar-refractivity contribution is 5.78. The molecule has 2 aliphatic heterocycles. The minimum Gasteiger partial charge on any atom is -0.491 e. The first-order valence-corrected chi connectivity index (χ1v) is 6.97. The monoisotopic (exact) mass is 260 g/mol. The molecule has 0 spiro atoms. The standard InChI is InChI=1S/C15H20N2O2/c1-11-4-5-14-12(8-11)13(10-19-14)16-15(18)9-17-6-2-3-7-17/h4-5,8,13H,2-3,6-7,9-10H2,1H3,(H,16,18). The minimum atomic E-state index is 0.00463. The molecule has 1 unspecified atom stereocenters. The van der Waals surface area contributed by atoms with Gasteiger partial charge in [0.05, 0.1) is 12.6 Å². The van der Waals surface area contributed by atoms with Crippen molar-refractivity contribution < 1.29 is 9.53 Å². The molecule has 1 amide bonds. The molecule has 1 atom stereocenters. The number of benzene rings is 1. The van der Waals surface area contributed by atoms with Crippen molar-refractivity contribution in [2.75, 3.05) is 26.2 Å². The highest BCUT2D eigenvalue weighted by Crippen LogP contribution is 2.32. The molecule has 1 aromatic rings. The van der Waals surface area contributed by atoms with Gasteiger partial charge in [-0.15, -0.1) is 0 Å². The van der Waals surface area contributed by atoms with Crippen molar-refractivity contribution in [3.05, 3.63) is 29.3 Å². The summed E-state index contributed by atoms with van der Waals surface area (Å²) in [5.41, 5.74) is 2.30. The second kappa shape index (κ2) is 5.21. The van der Waals surface area contributed by atoms with Crippen molar-refractivity contribution in [1.29, 1.82) is 0 Å². The van der Waals surface area contributed by atoms with Crippen LogP contribution in [-0.2, 0) is 4.79 Å². The number of fused-ring (bicyclic) bond motifs is 1. The Bertz CT molecular complexity index is 481. The number of hydrogen-bond donors (Lipinski definition) is 1. The number of hydrogen-bond acceptors (Lipinski definition) is 3. The normalized spacial score (nSPS) is 22.1. The van der Waals surface area contributed by atoms with Crippen molar-refractivity contribution in [2.24, 2.45) is 0 Å². The van der Waals surface area contributed by atoms with Gasteiger partial charge < -0.3 is 10.1 Å². The van der Waals surface area contributed by atoms with Crippen LogP contribution >= 0.6 is 0 Å². The average molecular weight is 260 g/mol. The van der Waals surface area contributed by atoms with Crippen molar-refractivity contribution in [2.45, 2.75) is 25.8 Å². The first kappa shape index (κ1) is 12.5. The average Bonchev–Trinajstić information content (AvgIpc) is 3.00. The van der Waals surface area contributed by atoms with Crippen molar-refractivity contribution >= 4 is 5.91 Å². The number of carbonyl (C=O) groups excluding carboxylic acids is 1. The Morgan fingerprint density at radius 3 is 3.00 bits per heavy atom. The van der Waals surface area contributed by atoms with Gasteiger partial charge in [0.15, 0.2) is 0 Å². The van der Waals surface area contributed by atoms with Crippen molar-refractivity contribution in [3.63, 3.8) is 0 Å². The van der Waals surface area contributed by atoms with Crippen molar-refractivity contribution in [1.82, 2.24) is 10.2 Å². The van der Waals surface area contributed by atoms with E-state index < -0.39 is 0 Å². The maximum absolute atomic E-state index is 12.0. The predicted octanol–water partition coefficient (Wildman–Crippen LogP) is 1.64. The van der Waals surface area contributed by atoms with Crippen LogP contribution in [0.2, 0.25) is 0 Å². The highest BCUT2D eigenvalue weighted by atomic mass is 16.5. The molecule has 1 aromatic carbocycles. The third-order valence-electron chi connectivity index (χ3n) is 3.85. The molecule has 0 bridgehead atoms. The summed E-state index contributed by atoms with van der Waals surface area (Å²) >= 11 is 0. The van der Waals surface area contributed by atoms with Gasteiger partial charge in [0.2, 0.25) is 5.91 Å². The summed E-state index contributed by atoms with van der Waals surface area (Å²) in [7, 11) is 0. The summed E-state index contributed by atoms with van der Waals surface area (Å²) in [5, 5.41) is 3.08. The van der Waals surface area contributed by atoms with Gasteiger partial charge in [-0.25, -0.2) is 0 Å². The van der Waals surface area contributed by atoms with Gasteiger partial charge in [-0.1, -0.05) is 17.7 Å². The van der Waals surface area contributed by atoms with Crippen LogP contribution < -0.4 is 10.1 Å². The maximum atomic E-state index is 12.0. The van der Waals surface area contributed by atoms with Gasteiger partial charge in [-0.05, 0) is 38.9 Å². The topological polar surface area (TPSA) is 41.6 Å². The van der Waals surface area contributed by atoms with Gasteiger partial charge in [0.1, 0.15) is 12.4 Å². The zero-order valence-corrected chi connectivity index (χ0v) is 11.3. The second-order valence-corrected chi connectivity index (χ2v) is 5.46. The fourth-order valence-electron chi connectivity index (χ4n) is 2.84. The van der Waals surface area contributed by atoms with E-state index in [9.17, 15) is 4.79 Å². The molecule has 2 heterocycles. The molecule has 19 heavy (non-hydrogen) atoms. The van der Waals surface area contributed by atoms with Gasteiger partial charge in [0, 0.05) is 5.56 Å². The van der Waals surface area contributed by atoms with E-state index in [1.54, 1.807) is 0 Å². The number of carbonyl (C=O) groups is 1. The van der Waals surface area contributed by atoms with Crippen LogP contribution in [0.15, 0.2) is 18.2 Å². The lowest BCUT2D eigenvalue weighted by Gasteiger charge is -2.17. The van der Waals surface area contributed by atoms with Gasteiger partial charge in [0.25, 0.3) is 0 Å². The van der Waals surface area contributed by atoms with Crippen LogP contribution in [0.3, 0.4) is 0 Å². The Morgan fingerprint density at radius 1 is 1.42 bits per heavy atom. The molecule has 102 valence electrons. The molecule has 0 saturated carbocycles. The Hall–Kier alpha value is -1.55. The van der Waals surface area contributed by atoms with Crippen LogP contribution in [0, 0.1) is 6.92 Å². The molecule has 4 heteroatoms. The van der Waals surface area contributed by atoms with Gasteiger partial charge in [-0.3, -0.25) is 9.69 Å². The smallest absolute Gasteiger partial charge is 0.234 e. The summed E-state index contributed by atoms with van der Waals surface area (Å²) in [4.78, 5) is 14.3. The van der Waals surface area contributed by atoms with Crippen LogP contribution in [-0.4, -0.2) is 37.0 Å². The minimum absolute atomic E-state index is 0.00463. The summed E-state index contributed by atoms with van der Waals surface area (Å²) in [6.45, 7) is 5.21. The van der Waals surface area contributed by atoms with Crippen LogP contribution in [0.4, 0.5) is 0 Å². The zero-order chi connectivity index (χ0) is 13.2. The largest absolute Gasteiger partial charge is 0.491 e. The first-order valence-electron chi connectivity index (χ1n) is 6.97. The number of likely N-dealkylation sites (tertiary alicyclic amines) is 1. The Labute approximate surface area is 113 Å². The molecule has 0 radical (unpaired) electrons. The number of amides is 1. The molecule has 0 aliphatic carbocycles. The fourth-order valence-corrected chi connectivity index (χ4v) is 2.84. The lowest BCUT2D eigenvalue weighted by molar-refractivity contribution is -0.122. The fraction of sp³-hybridized carbons (Fsp3) is 0.533. The van der Waals surface area contributed by atoms with E-state index in [0.717, 1.165) is 24.4 Å². The predicted molar refractivity (Wildman–Crippen MR) is 73.2 cm³/mol. The Balaban J connectivity index is 1.62. The summed E-state index contributed by atoms with van der Waals surface area (Å²) in [6, 6.07) is 6.12. The molecule has 1 N–H and O–H groups in total. The number of nitrogens with zero attached hydrogens (tertiary/aromatic N) is 1.